The third-order valence-corrected chi connectivity index (χ3v) is 5.88. The highest BCUT2D eigenvalue weighted by Gasteiger charge is 2.22. The molecule has 0 aliphatic rings. The minimum Gasteiger partial charge on any atom is -0.478 e. The Morgan fingerprint density at radius 2 is 1.88 bits per heavy atom. The maximum atomic E-state index is 13.2. The summed E-state index contributed by atoms with van der Waals surface area (Å²) in [7, 11) is 0.769. The number of nitrogens with zero attached hydrogens (tertiary/aromatic N) is 4. The Morgan fingerprint density at radius 1 is 1.15 bits per heavy atom. The standard InChI is InChI=1S/C21H20F2N6O4S/c1-11-4-5-12-14(9-26-17(12)16(11)13-8-24-6-7-25-13)34(30)29-21-27-19(31-2)18(20(28-21)32-3)33-10-15(22)23/h4-9,15,26H,10H2,1-3H3,(H,27,28,29). The van der Waals surface area contributed by atoms with E-state index >= 15 is 0 Å². The first-order valence-corrected chi connectivity index (χ1v) is 11.0. The third-order valence-electron chi connectivity index (χ3n) is 4.77. The van der Waals surface area contributed by atoms with Crippen molar-refractivity contribution in [1.29, 1.82) is 0 Å². The molecule has 0 saturated carbocycles. The van der Waals surface area contributed by atoms with Crippen LogP contribution in [0.2, 0.25) is 0 Å². The highest BCUT2D eigenvalue weighted by Crippen LogP contribution is 2.36. The number of halogens is 2. The molecule has 34 heavy (non-hydrogen) atoms. The largest absolute Gasteiger partial charge is 0.478 e. The minimum absolute atomic E-state index is 0.105. The molecule has 2 N–H and O–H groups in total. The number of hydrogen-bond acceptors (Lipinski definition) is 8. The number of rotatable bonds is 9. The summed E-state index contributed by atoms with van der Waals surface area (Å²) in [5.74, 6) is -0.581. The number of methoxy groups -OCH3 is 2. The molecular weight excluding hydrogens is 470 g/mol. The van der Waals surface area contributed by atoms with Crippen LogP contribution < -0.4 is 18.9 Å². The van der Waals surface area contributed by atoms with Gasteiger partial charge < -0.3 is 19.2 Å². The molecule has 0 aliphatic heterocycles. The highest BCUT2D eigenvalue weighted by molar-refractivity contribution is 7.86. The van der Waals surface area contributed by atoms with Crippen molar-refractivity contribution in [2.75, 3.05) is 25.5 Å². The Hall–Kier alpha value is -3.87. The molecule has 0 radical (unpaired) electrons. The maximum Gasteiger partial charge on any atom is 0.272 e. The topological polar surface area (TPSA) is 124 Å². The van der Waals surface area contributed by atoms with E-state index in [2.05, 4.69) is 29.6 Å². The highest BCUT2D eigenvalue weighted by atomic mass is 32.2. The summed E-state index contributed by atoms with van der Waals surface area (Å²) in [6, 6.07) is 3.75. The molecule has 4 rings (SSSR count). The van der Waals surface area contributed by atoms with Crippen molar-refractivity contribution < 1.29 is 27.2 Å². The van der Waals surface area contributed by atoms with Gasteiger partial charge in [-0.15, -0.1) is 0 Å². The van der Waals surface area contributed by atoms with Crippen LogP contribution >= 0.6 is 0 Å². The summed E-state index contributed by atoms with van der Waals surface area (Å²) in [4.78, 5) is 20.3. The molecule has 0 bridgehead atoms. The number of alkyl halides is 2. The van der Waals surface area contributed by atoms with Gasteiger partial charge in [0.05, 0.1) is 36.5 Å². The molecule has 13 heteroatoms. The second kappa shape index (κ2) is 9.95. The van der Waals surface area contributed by atoms with E-state index in [4.69, 9.17) is 14.2 Å². The van der Waals surface area contributed by atoms with Crippen LogP contribution in [0.4, 0.5) is 14.7 Å². The average molecular weight is 490 g/mol. The van der Waals surface area contributed by atoms with Gasteiger partial charge in [-0.25, -0.2) is 13.0 Å². The zero-order chi connectivity index (χ0) is 24.2. The van der Waals surface area contributed by atoms with Gasteiger partial charge in [0, 0.05) is 29.5 Å². The van der Waals surface area contributed by atoms with E-state index in [9.17, 15) is 13.0 Å². The number of aromatic nitrogens is 5. The molecule has 0 spiro atoms. The quantitative estimate of drug-likeness (QED) is 0.365. The van der Waals surface area contributed by atoms with Gasteiger partial charge in [0.2, 0.25) is 11.7 Å². The van der Waals surface area contributed by atoms with E-state index in [1.54, 1.807) is 24.8 Å². The first-order valence-electron chi connectivity index (χ1n) is 9.89. The number of hydrogen-bond donors (Lipinski definition) is 2. The Morgan fingerprint density at radius 3 is 2.50 bits per heavy atom. The molecule has 1 aromatic carbocycles. The van der Waals surface area contributed by atoms with Crippen molar-refractivity contribution in [3.63, 3.8) is 0 Å². The number of nitrogens with one attached hydrogen (secondary N) is 2. The Balaban J connectivity index is 1.68. The van der Waals surface area contributed by atoms with Crippen LogP contribution in [0.1, 0.15) is 5.56 Å². The van der Waals surface area contributed by atoms with Crippen molar-refractivity contribution in [1.82, 2.24) is 24.9 Å². The number of ether oxygens (including phenoxy) is 3. The number of aromatic amines is 1. The summed E-state index contributed by atoms with van der Waals surface area (Å²) in [6.45, 7) is 1.06. The van der Waals surface area contributed by atoms with E-state index in [0.29, 0.717) is 16.0 Å². The van der Waals surface area contributed by atoms with Crippen LogP contribution in [-0.2, 0) is 11.0 Å². The molecular formula is C21H20F2N6O4S. The predicted molar refractivity (Wildman–Crippen MR) is 121 cm³/mol. The van der Waals surface area contributed by atoms with Crippen LogP contribution in [-0.4, -0.2) is 56.4 Å². The van der Waals surface area contributed by atoms with E-state index in [1.165, 1.54) is 14.2 Å². The number of anilines is 1. The molecule has 1 atom stereocenters. The zero-order valence-electron chi connectivity index (χ0n) is 18.3. The molecule has 10 nitrogen and oxygen atoms in total. The minimum atomic E-state index is -2.71. The Labute approximate surface area is 195 Å². The summed E-state index contributed by atoms with van der Waals surface area (Å²) in [6.07, 6.45) is 3.74. The van der Waals surface area contributed by atoms with Crippen molar-refractivity contribution in [2.45, 2.75) is 18.2 Å². The fraction of sp³-hybridized carbons (Fsp3) is 0.238. The molecule has 0 fully saturated rings. The van der Waals surface area contributed by atoms with Gasteiger partial charge in [-0.3, -0.25) is 14.7 Å². The van der Waals surface area contributed by atoms with E-state index in [-0.39, 0.29) is 23.5 Å². The number of benzene rings is 1. The lowest BCUT2D eigenvalue weighted by Crippen LogP contribution is -2.13. The first kappa shape index (κ1) is 23.3. The summed E-state index contributed by atoms with van der Waals surface area (Å²) in [5, 5.41) is 0.702. The van der Waals surface area contributed by atoms with Crippen molar-refractivity contribution >= 4 is 27.8 Å². The molecule has 4 aromatic rings. The maximum absolute atomic E-state index is 13.2. The number of H-pyrrole nitrogens is 1. The number of fused-ring (bicyclic) bond motifs is 1. The molecule has 0 aliphatic carbocycles. The monoisotopic (exact) mass is 490 g/mol. The van der Waals surface area contributed by atoms with Gasteiger partial charge in [0.15, 0.2) is 11.0 Å². The second-order valence-corrected chi connectivity index (χ2v) is 8.07. The van der Waals surface area contributed by atoms with E-state index < -0.39 is 24.0 Å². The molecule has 3 heterocycles. The first-order chi connectivity index (χ1) is 16.4. The molecule has 0 saturated heterocycles. The summed E-state index contributed by atoms with van der Waals surface area (Å²) >= 11 is 0. The molecule has 3 aromatic heterocycles. The Kier molecular flexibility index (Phi) is 6.82. The normalized spacial score (nSPS) is 12.1. The average Bonchev–Trinajstić information content (AvgIpc) is 3.27. The van der Waals surface area contributed by atoms with Gasteiger partial charge in [-0.05, 0) is 12.5 Å². The fourth-order valence-corrected chi connectivity index (χ4v) is 4.23. The van der Waals surface area contributed by atoms with Gasteiger partial charge in [0.25, 0.3) is 18.2 Å². The lowest BCUT2D eigenvalue weighted by Gasteiger charge is -2.14. The summed E-state index contributed by atoms with van der Waals surface area (Å²) < 4.78 is 56.3. The third kappa shape index (κ3) is 4.59. The second-order valence-electron chi connectivity index (χ2n) is 6.89. The van der Waals surface area contributed by atoms with Gasteiger partial charge in [0.1, 0.15) is 6.61 Å². The van der Waals surface area contributed by atoms with Crippen LogP contribution in [0.15, 0.2) is 41.8 Å². The van der Waals surface area contributed by atoms with Crippen molar-refractivity contribution in [2.24, 2.45) is 0 Å². The number of aryl methyl sites for hydroxylation is 1. The van der Waals surface area contributed by atoms with Gasteiger partial charge in [-0.2, -0.15) is 9.97 Å². The van der Waals surface area contributed by atoms with Crippen LogP contribution in [0.5, 0.6) is 17.5 Å². The van der Waals surface area contributed by atoms with Gasteiger partial charge in [-0.1, -0.05) is 12.1 Å². The SMILES string of the molecule is COc1nc(NS(=O)c2c[nH]c3c(-c4cnccn4)c(C)ccc23)nc(OC)c1OCC(F)F. The lowest BCUT2D eigenvalue weighted by atomic mass is 10.0. The van der Waals surface area contributed by atoms with Crippen LogP contribution in [0, 0.1) is 6.92 Å². The van der Waals surface area contributed by atoms with Crippen LogP contribution in [0.25, 0.3) is 22.2 Å². The van der Waals surface area contributed by atoms with Crippen molar-refractivity contribution in [3.8, 4) is 28.8 Å². The fourth-order valence-electron chi connectivity index (χ4n) is 3.33. The lowest BCUT2D eigenvalue weighted by molar-refractivity contribution is 0.0781. The van der Waals surface area contributed by atoms with Crippen LogP contribution in [0.3, 0.4) is 0 Å². The molecule has 178 valence electrons. The van der Waals surface area contributed by atoms with Crippen molar-refractivity contribution in [3.05, 3.63) is 42.5 Å². The van der Waals surface area contributed by atoms with E-state index in [0.717, 1.165) is 16.6 Å². The smallest absolute Gasteiger partial charge is 0.272 e. The molecule has 1 unspecified atom stereocenters. The predicted octanol–water partition coefficient (Wildman–Crippen LogP) is 3.52. The zero-order valence-corrected chi connectivity index (χ0v) is 19.2. The van der Waals surface area contributed by atoms with E-state index in [1.807, 2.05) is 19.1 Å². The summed E-state index contributed by atoms with van der Waals surface area (Å²) in [5.41, 5.74) is 3.23. The van der Waals surface area contributed by atoms with Gasteiger partial charge >= 0.3 is 0 Å². The molecule has 0 amide bonds. The Bertz CT molecular complexity index is 1310.